The van der Waals surface area contributed by atoms with E-state index in [1.807, 2.05) is 65.7 Å². The van der Waals surface area contributed by atoms with Crippen LogP contribution >= 0.6 is 0 Å². The first-order chi connectivity index (χ1) is 13.7. The van der Waals surface area contributed by atoms with E-state index in [0.29, 0.717) is 24.4 Å². The summed E-state index contributed by atoms with van der Waals surface area (Å²) < 4.78 is 1.78. The third kappa shape index (κ3) is 2.38. The molecule has 3 heterocycles. The van der Waals surface area contributed by atoms with Gasteiger partial charge in [0.15, 0.2) is 0 Å². The number of nitrogens with one attached hydrogen (secondary N) is 1. The molecule has 28 heavy (non-hydrogen) atoms. The first-order valence-electron chi connectivity index (χ1n) is 9.33. The van der Waals surface area contributed by atoms with Crippen LogP contribution in [0, 0.1) is 0 Å². The lowest BCUT2D eigenvalue weighted by molar-refractivity contribution is -0.123. The predicted molar refractivity (Wildman–Crippen MR) is 107 cm³/mol. The maximum absolute atomic E-state index is 12.8. The molecule has 1 aromatic heterocycles. The fraction of sp³-hybridized carbons (Fsp3) is 0.182. The van der Waals surface area contributed by atoms with Crippen LogP contribution in [0.3, 0.4) is 0 Å². The van der Waals surface area contributed by atoms with Gasteiger partial charge in [-0.2, -0.15) is 0 Å². The molecule has 0 fully saturated rings. The summed E-state index contributed by atoms with van der Waals surface area (Å²) in [5.41, 5.74) is 3.58. The van der Waals surface area contributed by atoms with Gasteiger partial charge in [-0.1, -0.05) is 36.4 Å². The Morgan fingerprint density at radius 3 is 2.57 bits per heavy atom. The van der Waals surface area contributed by atoms with Gasteiger partial charge in [-0.3, -0.25) is 14.9 Å². The van der Waals surface area contributed by atoms with Crippen LogP contribution in [-0.4, -0.2) is 34.6 Å². The zero-order chi connectivity index (χ0) is 19.3. The van der Waals surface area contributed by atoms with Crippen LogP contribution in [0.15, 0.2) is 66.5 Å². The highest BCUT2D eigenvalue weighted by Crippen LogP contribution is 2.42. The molecule has 2 N–H and O–H groups in total. The Morgan fingerprint density at radius 2 is 1.71 bits per heavy atom. The monoisotopic (exact) mass is 373 g/mol. The van der Waals surface area contributed by atoms with Crippen molar-refractivity contribution in [1.82, 2.24) is 9.88 Å². The number of imide groups is 1. The predicted octanol–water partition coefficient (Wildman–Crippen LogP) is 2.45. The number of fused-ring (bicyclic) bond motifs is 2. The van der Waals surface area contributed by atoms with E-state index in [9.17, 15) is 14.7 Å². The van der Waals surface area contributed by atoms with Gasteiger partial charge >= 0.3 is 0 Å². The lowest BCUT2D eigenvalue weighted by atomic mass is 9.99. The first kappa shape index (κ1) is 16.8. The molecule has 2 amide bonds. The summed E-state index contributed by atoms with van der Waals surface area (Å²) in [4.78, 5) is 27.4. The topological polar surface area (TPSA) is 74.6 Å². The number of hydrogen-bond acceptors (Lipinski definition) is 4. The zero-order valence-corrected chi connectivity index (χ0v) is 15.1. The Bertz CT molecular complexity index is 1140. The summed E-state index contributed by atoms with van der Waals surface area (Å²) in [6.07, 6.45) is 2.43. The van der Waals surface area contributed by atoms with Crippen molar-refractivity contribution in [1.29, 1.82) is 0 Å². The minimum Gasteiger partial charge on any atom is -0.396 e. The van der Waals surface area contributed by atoms with Crippen molar-refractivity contribution >= 4 is 34.1 Å². The Morgan fingerprint density at radius 1 is 0.964 bits per heavy atom. The van der Waals surface area contributed by atoms with Gasteiger partial charge in [-0.25, -0.2) is 0 Å². The molecule has 0 spiro atoms. The second kappa shape index (κ2) is 6.35. The quantitative estimate of drug-likeness (QED) is 0.689. The fourth-order valence-electron chi connectivity index (χ4n) is 4.30. The summed E-state index contributed by atoms with van der Waals surface area (Å²) in [7, 11) is 0. The zero-order valence-electron chi connectivity index (χ0n) is 15.1. The number of aliphatic hydroxyl groups is 1. The van der Waals surface area contributed by atoms with E-state index in [-0.39, 0.29) is 12.5 Å². The number of carbonyl (C=O) groups is 2. The minimum absolute atomic E-state index is 0.0755. The van der Waals surface area contributed by atoms with Crippen molar-refractivity contribution in [2.24, 2.45) is 0 Å². The molecule has 0 saturated carbocycles. The number of nitrogens with zero attached hydrogens (tertiary/aromatic N) is 2. The molecule has 2 aromatic carbocycles. The molecule has 5 rings (SSSR count). The van der Waals surface area contributed by atoms with Gasteiger partial charge in [0, 0.05) is 31.0 Å². The molecule has 2 aliphatic rings. The van der Waals surface area contributed by atoms with Crippen molar-refractivity contribution in [2.75, 3.05) is 18.1 Å². The second-order valence-corrected chi connectivity index (χ2v) is 7.10. The van der Waals surface area contributed by atoms with Gasteiger partial charge in [0.2, 0.25) is 0 Å². The van der Waals surface area contributed by atoms with Gasteiger partial charge in [0.05, 0.1) is 5.52 Å². The maximum atomic E-state index is 12.8. The molecule has 1 unspecified atom stereocenters. The van der Waals surface area contributed by atoms with E-state index in [0.717, 1.165) is 22.2 Å². The summed E-state index contributed by atoms with van der Waals surface area (Å²) >= 11 is 0. The summed E-state index contributed by atoms with van der Waals surface area (Å²) in [5.74, 6) is -0.679. The molecule has 0 aliphatic carbocycles. The van der Waals surface area contributed by atoms with Crippen molar-refractivity contribution < 1.29 is 14.7 Å². The number of amides is 2. The number of aliphatic hydroxyl groups excluding tert-OH is 1. The summed E-state index contributed by atoms with van der Waals surface area (Å²) in [6.45, 7) is 0.630. The SMILES string of the molecule is O=C1NC(=O)C(n2ccc3ccccc32)=C1N1CC(CCO)c2ccccc21. The number of para-hydroxylation sites is 2. The van der Waals surface area contributed by atoms with Crippen LogP contribution < -0.4 is 10.2 Å². The second-order valence-electron chi connectivity index (χ2n) is 7.10. The molecule has 0 saturated heterocycles. The van der Waals surface area contributed by atoms with Gasteiger partial charge < -0.3 is 14.6 Å². The number of rotatable bonds is 4. The highest BCUT2D eigenvalue weighted by molar-refractivity contribution is 6.34. The Labute approximate surface area is 161 Å². The number of aromatic nitrogens is 1. The number of benzene rings is 2. The largest absolute Gasteiger partial charge is 0.396 e. The van der Waals surface area contributed by atoms with E-state index >= 15 is 0 Å². The van der Waals surface area contributed by atoms with Crippen molar-refractivity contribution in [3.8, 4) is 0 Å². The Balaban J connectivity index is 1.71. The number of anilines is 1. The van der Waals surface area contributed by atoms with Crippen LogP contribution in [0.5, 0.6) is 0 Å². The summed E-state index contributed by atoms with van der Waals surface area (Å²) in [5, 5.41) is 12.9. The molecule has 1 atom stereocenters. The maximum Gasteiger partial charge on any atom is 0.277 e. The van der Waals surface area contributed by atoms with Crippen LogP contribution in [0.2, 0.25) is 0 Å². The lowest BCUT2D eigenvalue weighted by Crippen LogP contribution is -2.30. The van der Waals surface area contributed by atoms with E-state index in [2.05, 4.69) is 5.32 Å². The van der Waals surface area contributed by atoms with Gasteiger partial charge in [0.25, 0.3) is 11.8 Å². The highest BCUT2D eigenvalue weighted by atomic mass is 16.3. The molecular weight excluding hydrogens is 354 g/mol. The van der Waals surface area contributed by atoms with Crippen molar-refractivity contribution in [3.05, 3.63) is 72.1 Å². The Kier molecular flexibility index (Phi) is 3.80. The lowest BCUT2D eigenvalue weighted by Gasteiger charge is -2.21. The Hall–Kier alpha value is -3.38. The highest BCUT2D eigenvalue weighted by Gasteiger charge is 2.40. The standard InChI is InChI=1S/C22H19N3O3/c26-12-10-15-13-25(18-8-4-2-6-16(15)18)20-19(21(27)23-22(20)28)24-11-9-14-5-1-3-7-17(14)24/h1-9,11,15,26H,10,12-13H2,(H,23,27,28). The van der Waals surface area contributed by atoms with Crippen LogP contribution in [0.25, 0.3) is 16.6 Å². The molecule has 6 nitrogen and oxygen atoms in total. The van der Waals surface area contributed by atoms with E-state index in [1.165, 1.54) is 0 Å². The molecule has 2 aliphatic heterocycles. The average molecular weight is 373 g/mol. The minimum atomic E-state index is -0.399. The van der Waals surface area contributed by atoms with Crippen LogP contribution in [-0.2, 0) is 9.59 Å². The van der Waals surface area contributed by atoms with E-state index in [4.69, 9.17) is 0 Å². The third-order valence-electron chi connectivity index (χ3n) is 5.54. The van der Waals surface area contributed by atoms with Gasteiger partial charge in [-0.05, 0) is 35.6 Å². The average Bonchev–Trinajstić information content (AvgIpc) is 3.36. The van der Waals surface area contributed by atoms with E-state index < -0.39 is 11.8 Å². The van der Waals surface area contributed by atoms with Gasteiger partial charge in [-0.15, -0.1) is 0 Å². The van der Waals surface area contributed by atoms with Crippen molar-refractivity contribution in [3.63, 3.8) is 0 Å². The van der Waals surface area contributed by atoms with Crippen molar-refractivity contribution in [2.45, 2.75) is 12.3 Å². The molecule has 6 heteroatoms. The normalized spacial score (nSPS) is 18.9. The van der Waals surface area contributed by atoms with E-state index in [1.54, 1.807) is 4.57 Å². The molecule has 3 aromatic rings. The summed E-state index contributed by atoms with van der Waals surface area (Å²) in [6, 6.07) is 17.6. The molecule has 140 valence electrons. The third-order valence-corrected chi connectivity index (χ3v) is 5.54. The molecular formula is C22H19N3O3. The molecule has 0 bridgehead atoms. The number of carbonyl (C=O) groups excluding carboxylic acids is 2. The number of hydrogen-bond donors (Lipinski definition) is 2. The first-order valence-corrected chi connectivity index (χ1v) is 9.33. The smallest absolute Gasteiger partial charge is 0.277 e. The fourth-order valence-corrected chi connectivity index (χ4v) is 4.30. The van der Waals surface area contributed by atoms with Gasteiger partial charge in [0.1, 0.15) is 11.4 Å². The molecule has 0 radical (unpaired) electrons. The van der Waals surface area contributed by atoms with Crippen LogP contribution in [0.1, 0.15) is 17.9 Å². The van der Waals surface area contributed by atoms with Crippen LogP contribution in [0.4, 0.5) is 5.69 Å².